The summed E-state index contributed by atoms with van der Waals surface area (Å²) in [4.78, 5) is 31.0. The lowest BCUT2D eigenvalue weighted by molar-refractivity contribution is -0.389. The Morgan fingerprint density at radius 2 is 1.90 bits per heavy atom. The summed E-state index contributed by atoms with van der Waals surface area (Å²) in [5, 5.41) is 10.9. The van der Waals surface area contributed by atoms with Crippen molar-refractivity contribution in [3.05, 3.63) is 52.2 Å². The van der Waals surface area contributed by atoms with E-state index >= 15 is 0 Å². The second-order valence-corrected chi connectivity index (χ2v) is 7.52. The number of aromatic nitrogens is 2. The van der Waals surface area contributed by atoms with Crippen LogP contribution < -0.4 is 4.74 Å². The summed E-state index contributed by atoms with van der Waals surface area (Å²) < 4.78 is 7.20. The molecule has 0 aliphatic carbocycles. The van der Waals surface area contributed by atoms with E-state index in [0.29, 0.717) is 38.7 Å². The molecule has 9 nitrogen and oxygen atoms in total. The summed E-state index contributed by atoms with van der Waals surface area (Å²) in [6.45, 7) is 3.95. The normalized spacial score (nSPS) is 18.4. The lowest BCUT2D eigenvalue weighted by Gasteiger charge is -2.34. The third-order valence-corrected chi connectivity index (χ3v) is 5.69. The number of hydrogen-bond acceptors (Lipinski definition) is 6. The first-order valence-electron chi connectivity index (χ1n) is 9.99. The SMILES string of the molecule is O=C(CN1CCOc2nc([N+](=O)[O-])cn2CC1)N1CCC(c2ccccc2)CC1. The Morgan fingerprint density at radius 3 is 2.62 bits per heavy atom. The molecule has 0 saturated carbocycles. The summed E-state index contributed by atoms with van der Waals surface area (Å²) >= 11 is 0. The van der Waals surface area contributed by atoms with Crippen molar-refractivity contribution in [2.45, 2.75) is 25.3 Å². The van der Waals surface area contributed by atoms with Crippen molar-refractivity contribution in [2.24, 2.45) is 0 Å². The number of amides is 1. The topological polar surface area (TPSA) is 93.7 Å². The monoisotopic (exact) mass is 399 g/mol. The number of carbonyl (C=O) groups excluding carboxylic acids is 1. The van der Waals surface area contributed by atoms with Gasteiger partial charge >= 0.3 is 11.8 Å². The van der Waals surface area contributed by atoms with Crippen LogP contribution in [0, 0.1) is 10.1 Å². The molecular formula is C20H25N5O4. The first-order chi connectivity index (χ1) is 14.1. The molecule has 1 aromatic carbocycles. The molecule has 0 spiro atoms. The van der Waals surface area contributed by atoms with Crippen molar-refractivity contribution >= 4 is 11.7 Å². The standard InChI is InChI=1S/C20H25N5O4/c26-19(23-8-6-17(7-9-23)16-4-2-1-3-5-16)15-22-10-11-24-14-18(25(27)28)21-20(24)29-13-12-22/h1-5,14,17H,6-13,15H2. The van der Waals surface area contributed by atoms with Crippen molar-refractivity contribution in [3.63, 3.8) is 0 Å². The molecule has 0 unspecified atom stereocenters. The van der Waals surface area contributed by atoms with Gasteiger partial charge in [-0.2, -0.15) is 0 Å². The number of nitrogens with zero attached hydrogens (tertiary/aromatic N) is 5. The van der Waals surface area contributed by atoms with E-state index in [1.165, 1.54) is 11.8 Å². The van der Waals surface area contributed by atoms with Crippen LogP contribution in [0.15, 0.2) is 36.5 Å². The Labute approximate surface area is 169 Å². The van der Waals surface area contributed by atoms with Crippen LogP contribution in [0.25, 0.3) is 0 Å². The van der Waals surface area contributed by atoms with E-state index < -0.39 is 4.92 Å². The zero-order valence-corrected chi connectivity index (χ0v) is 16.3. The highest BCUT2D eigenvalue weighted by Crippen LogP contribution is 2.27. The molecule has 3 heterocycles. The Morgan fingerprint density at radius 1 is 1.14 bits per heavy atom. The Balaban J connectivity index is 1.29. The van der Waals surface area contributed by atoms with Crippen LogP contribution in [0.2, 0.25) is 0 Å². The molecule has 9 heteroatoms. The molecule has 154 valence electrons. The summed E-state index contributed by atoms with van der Waals surface area (Å²) in [7, 11) is 0. The van der Waals surface area contributed by atoms with Gasteiger partial charge in [-0.25, -0.2) is 0 Å². The number of piperidine rings is 1. The highest BCUT2D eigenvalue weighted by atomic mass is 16.6. The molecule has 1 saturated heterocycles. The molecule has 2 aliphatic rings. The Hall–Kier alpha value is -2.94. The maximum absolute atomic E-state index is 12.8. The summed E-state index contributed by atoms with van der Waals surface area (Å²) in [5.41, 5.74) is 1.35. The summed E-state index contributed by atoms with van der Waals surface area (Å²) in [6.07, 6.45) is 3.36. The Bertz CT molecular complexity index is 861. The minimum absolute atomic E-state index is 0.133. The van der Waals surface area contributed by atoms with Crippen LogP contribution in [-0.2, 0) is 11.3 Å². The quantitative estimate of drug-likeness (QED) is 0.576. The van der Waals surface area contributed by atoms with Gasteiger partial charge in [0.15, 0.2) is 0 Å². The van der Waals surface area contributed by atoms with Crippen molar-refractivity contribution < 1.29 is 14.5 Å². The summed E-state index contributed by atoms with van der Waals surface area (Å²) in [6, 6.07) is 10.8. The first-order valence-corrected chi connectivity index (χ1v) is 9.99. The highest BCUT2D eigenvalue weighted by Gasteiger charge is 2.27. The largest absolute Gasteiger partial charge is 0.444 e. The van der Waals surface area contributed by atoms with Gasteiger partial charge in [0.2, 0.25) is 5.91 Å². The molecule has 1 amide bonds. The van der Waals surface area contributed by atoms with Crippen LogP contribution in [0.3, 0.4) is 0 Å². The van der Waals surface area contributed by atoms with Gasteiger partial charge in [-0.05, 0) is 29.2 Å². The van der Waals surface area contributed by atoms with Crippen LogP contribution >= 0.6 is 0 Å². The number of hydrogen-bond donors (Lipinski definition) is 0. The van der Waals surface area contributed by atoms with Gasteiger partial charge in [0.05, 0.1) is 6.54 Å². The van der Waals surface area contributed by atoms with E-state index in [-0.39, 0.29) is 17.7 Å². The van der Waals surface area contributed by atoms with Crippen molar-refractivity contribution in [2.75, 3.05) is 39.3 Å². The molecule has 1 aromatic heterocycles. The molecule has 0 bridgehead atoms. The fourth-order valence-corrected chi connectivity index (χ4v) is 4.01. The summed E-state index contributed by atoms with van der Waals surface area (Å²) in [5.74, 6) is 0.436. The van der Waals surface area contributed by atoms with E-state index in [2.05, 4.69) is 29.2 Å². The number of nitro groups is 1. The number of likely N-dealkylation sites (tertiary alicyclic amines) is 1. The van der Waals surface area contributed by atoms with E-state index in [1.807, 2.05) is 15.9 Å². The second kappa shape index (κ2) is 8.60. The molecule has 2 aliphatic heterocycles. The Kier molecular flexibility index (Phi) is 5.75. The number of carbonyl (C=O) groups is 1. The van der Waals surface area contributed by atoms with Gasteiger partial charge in [-0.3, -0.25) is 14.3 Å². The number of imidazole rings is 1. The smallest absolute Gasteiger partial charge is 0.414 e. The average molecular weight is 399 g/mol. The zero-order valence-electron chi connectivity index (χ0n) is 16.3. The molecule has 29 heavy (non-hydrogen) atoms. The van der Waals surface area contributed by atoms with Crippen LogP contribution in [0.1, 0.15) is 24.3 Å². The second-order valence-electron chi connectivity index (χ2n) is 7.52. The molecular weight excluding hydrogens is 374 g/mol. The lowest BCUT2D eigenvalue weighted by atomic mass is 9.89. The highest BCUT2D eigenvalue weighted by molar-refractivity contribution is 5.78. The predicted molar refractivity (Wildman–Crippen MR) is 106 cm³/mol. The van der Waals surface area contributed by atoms with Crippen LogP contribution in [0.5, 0.6) is 6.01 Å². The molecule has 2 aromatic rings. The van der Waals surface area contributed by atoms with Gasteiger partial charge in [0, 0.05) is 37.7 Å². The van der Waals surface area contributed by atoms with Crippen molar-refractivity contribution in [3.8, 4) is 6.01 Å². The van der Waals surface area contributed by atoms with Crippen molar-refractivity contribution in [1.82, 2.24) is 19.4 Å². The third kappa shape index (κ3) is 4.56. The number of rotatable bonds is 4. The average Bonchev–Trinajstić information content (AvgIpc) is 3.13. The van der Waals surface area contributed by atoms with Gasteiger partial charge < -0.3 is 19.8 Å². The molecule has 4 rings (SSSR count). The minimum atomic E-state index is -0.526. The van der Waals surface area contributed by atoms with E-state index in [9.17, 15) is 14.9 Å². The zero-order chi connectivity index (χ0) is 20.2. The maximum Gasteiger partial charge on any atom is 0.414 e. The van der Waals surface area contributed by atoms with Crippen molar-refractivity contribution in [1.29, 1.82) is 0 Å². The van der Waals surface area contributed by atoms with E-state index in [0.717, 1.165) is 25.9 Å². The van der Waals surface area contributed by atoms with Crippen LogP contribution in [0.4, 0.5) is 5.82 Å². The fraction of sp³-hybridized carbons (Fsp3) is 0.500. The molecule has 0 N–H and O–H groups in total. The fourth-order valence-electron chi connectivity index (χ4n) is 4.01. The molecule has 0 radical (unpaired) electrons. The predicted octanol–water partition coefficient (Wildman–Crippen LogP) is 1.89. The number of benzene rings is 1. The molecule has 1 fully saturated rings. The van der Waals surface area contributed by atoms with Gasteiger partial charge in [0.1, 0.15) is 12.8 Å². The van der Waals surface area contributed by atoms with E-state index in [1.54, 1.807) is 4.57 Å². The van der Waals surface area contributed by atoms with Gasteiger partial charge in [0.25, 0.3) is 0 Å². The van der Waals surface area contributed by atoms with Gasteiger partial charge in [-0.15, -0.1) is 0 Å². The number of fused-ring (bicyclic) bond motifs is 1. The number of ether oxygens (including phenoxy) is 1. The lowest BCUT2D eigenvalue weighted by Crippen LogP contribution is -2.45. The van der Waals surface area contributed by atoms with E-state index in [4.69, 9.17) is 4.74 Å². The minimum Gasteiger partial charge on any atom is -0.444 e. The third-order valence-electron chi connectivity index (χ3n) is 5.69. The molecule has 0 atom stereocenters. The first kappa shape index (κ1) is 19.4. The maximum atomic E-state index is 12.8. The van der Waals surface area contributed by atoms with Crippen LogP contribution in [-0.4, -0.2) is 69.5 Å². The van der Waals surface area contributed by atoms with Gasteiger partial charge in [-0.1, -0.05) is 30.3 Å².